The van der Waals surface area contributed by atoms with Gasteiger partial charge in [-0.3, -0.25) is 4.98 Å². The zero-order valence-corrected chi connectivity index (χ0v) is 14.9. The maximum Gasteiger partial charge on any atom is 0.329 e. The minimum Gasteiger partial charge on any atom is -0.480 e. The molecule has 1 aromatic carbocycles. The van der Waals surface area contributed by atoms with Gasteiger partial charge in [-0.05, 0) is 45.0 Å². The third-order valence-corrected chi connectivity index (χ3v) is 4.55. The summed E-state index contributed by atoms with van der Waals surface area (Å²) in [5, 5.41) is 22.9. The van der Waals surface area contributed by atoms with Gasteiger partial charge >= 0.3 is 5.97 Å². The van der Waals surface area contributed by atoms with E-state index in [-0.39, 0.29) is 6.61 Å². The van der Waals surface area contributed by atoms with Gasteiger partial charge in [-0.1, -0.05) is 25.1 Å². The van der Waals surface area contributed by atoms with Crippen LogP contribution in [0, 0.1) is 0 Å². The Morgan fingerprint density at radius 2 is 2.04 bits per heavy atom. The molecule has 0 saturated heterocycles. The molecule has 3 N–H and O–H groups in total. The molecule has 1 atom stereocenters. The second kappa shape index (κ2) is 8.78. The molecule has 0 aliphatic carbocycles. The number of para-hydroxylation sites is 1. The Labute approximate surface area is 148 Å². The number of aliphatic hydroxyl groups is 1. The topological polar surface area (TPSA) is 85.7 Å². The Morgan fingerprint density at radius 3 is 2.72 bits per heavy atom. The van der Waals surface area contributed by atoms with Crippen molar-refractivity contribution in [3.63, 3.8) is 0 Å². The van der Waals surface area contributed by atoms with Gasteiger partial charge in [0.15, 0.2) is 0 Å². The molecule has 1 unspecified atom stereocenters. The molecule has 6 heteroatoms. The molecule has 25 heavy (non-hydrogen) atoms. The quantitative estimate of drug-likeness (QED) is 0.614. The van der Waals surface area contributed by atoms with E-state index in [0.29, 0.717) is 13.0 Å². The number of nitrogens with one attached hydrogen (secondary N) is 1. The molecule has 0 aliphatic heterocycles. The lowest BCUT2D eigenvalue weighted by molar-refractivity contribution is -0.142. The van der Waals surface area contributed by atoms with Crippen LogP contribution in [0.4, 0.5) is 5.69 Å². The fourth-order valence-corrected chi connectivity index (χ4v) is 2.95. The van der Waals surface area contributed by atoms with Crippen LogP contribution in [0.3, 0.4) is 0 Å². The molecular weight excluding hydrogens is 318 g/mol. The average molecular weight is 345 g/mol. The number of aliphatic carboxylic acids is 1. The lowest BCUT2D eigenvalue weighted by Gasteiger charge is -2.29. The summed E-state index contributed by atoms with van der Waals surface area (Å²) in [7, 11) is 0. The van der Waals surface area contributed by atoms with Gasteiger partial charge < -0.3 is 20.4 Å². The van der Waals surface area contributed by atoms with Gasteiger partial charge in [0, 0.05) is 23.8 Å². The number of rotatable bonds is 10. The van der Waals surface area contributed by atoms with Gasteiger partial charge in [-0.2, -0.15) is 0 Å². The molecule has 0 aliphatic rings. The zero-order valence-electron chi connectivity index (χ0n) is 14.9. The molecule has 1 heterocycles. The highest BCUT2D eigenvalue weighted by atomic mass is 16.4. The highest BCUT2D eigenvalue weighted by Gasteiger charge is 2.33. The van der Waals surface area contributed by atoms with E-state index in [9.17, 15) is 9.90 Å². The molecule has 0 amide bonds. The van der Waals surface area contributed by atoms with Gasteiger partial charge in [-0.25, -0.2) is 4.79 Å². The third-order valence-electron chi connectivity index (χ3n) is 4.55. The van der Waals surface area contributed by atoms with Crippen LogP contribution in [0.25, 0.3) is 10.9 Å². The van der Waals surface area contributed by atoms with Crippen molar-refractivity contribution >= 4 is 22.6 Å². The van der Waals surface area contributed by atoms with Crippen molar-refractivity contribution in [3.8, 4) is 0 Å². The summed E-state index contributed by atoms with van der Waals surface area (Å²) in [5.41, 5.74) is 0.543. The molecule has 0 spiro atoms. The van der Waals surface area contributed by atoms with Gasteiger partial charge in [0.25, 0.3) is 0 Å². The minimum atomic E-state index is -1.07. The number of benzene rings is 1. The molecule has 136 valence electrons. The molecule has 0 saturated carbocycles. The Kier molecular flexibility index (Phi) is 6.73. The number of hydrogen-bond acceptors (Lipinski definition) is 5. The summed E-state index contributed by atoms with van der Waals surface area (Å²) in [5.74, 6) is -0.876. The first-order valence-corrected chi connectivity index (χ1v) is 8.68. The van der Waals surface area contributed by atoms with Gasteiger partial charge in [0.2, 0.25) is 0 Å². The van der Waals surface area contributed by atoms with Gasteiger partial charge in [-0.15, -0.1) is 0 Å². The number of carbonyl (C=O) groups is 1. The summed E-state index contributed by atoms with van der Waals surface area (Å²) >= 11 is 0. The Balaban J connectivity index is 2.12. The number of likely N-dealkylation sites (N-methyl/N-ethyl adjacent to an activating group) is 1. The summed E-state index contributed by atoms with van der Waals surface area (Å²) < 4.78 is 0. The number of pyridine rings is 1. The number of aliphatic hydroxyl groups excluding tert-OH is 1. The molecular formula is C19H27N3O3. The van der Waals surface area contributed by atoms with Crippen molar-refractivity contribution < 1.29 is 15.0 Å². The number of aromatic nitrogens is 1. The smallest absolute Gasteiger partial charge is 0.329 e. The number of carboxylic acids is 1. The summed E-state index contributed by atoms with van der Waals surface area (Å²) in [4.78, 5) is 18.3. The molecule has 1 aromatic heterocycles. The SMILES string of the molecule is CCN(CCO)CCCC(C)(Nc1ccnc2ccccc12)C(=O)O. The first-order valence-electron chi connectivity index (χ1n) is 8.68. The number of fused-ring (bicyclic) bond motifs is 1. The molecule has 0 fully saturated rings. The van der Waals surface area contributed by atoms with E-state index in [4.69, 9.17) is 5.11 Å². The van der Waals surface area contributed by atoms with Crippen molar-refractivity contribution in [2.45, 2.75) is 32.2 Å². The lowest BCUT2D eigenvalue weighted by Crippen LogP contribution is -2.44. The van der Waals surface area contributed by atoms with E-state index in [1.54, 1.807) is 13.1 Å². The van der Waals surface area contributed by atoms with Crippen molar-refractivity contribution in [3.05, 3.63) is 36.5 Å². The van der Waals surface area contributed by atoms with Crippen LogP contribution in [0.1, 0.15) is 26.7 Å². The van der Waals surface area contributed by atoms with E-state index < -0.39 is 11.5 Å². The van der Waals surface area contributed by atoms with Gasteiger partial charge in [0.05, 0.1) is 12.1 Å². The monoisotopic (exact) mass is 345 g/mol. The molecule has 6 nitrogen and oxygen atoms in total. The van der Waals surface area contributed by atoms with Crippen LogP contribution in [0.15, 0.2) is 36.5 Å². The Bertz CT molecular complexity index is 702. The molecule has 2 rings (SSSR count). The molecule has 0 bridgehead atoms. The lowest BCUT2D eigenvalue weighted by atomic mass is 9.94. The van der Waals surface area contributed by atoms with Crippen molar-refractivity contribution in [2.24, 2.45) is 0 Å². The number of anilines is 1. The summed E-state index contributed by atoms with van der Waals surface area (Å²) in [6, 6.07) is 9.49. The predicted molar refractivity (Wildman–Crippen MR) is 99.8 cm³/mol. The number of carboxylic acid groups (broad SMARTS) is 1. The first kappa shape index (κ1) is 19.1. The summed E-state index contributed by atoms with van der Waals surface area (Å²) in [6.07, 6.45) is 2.90. The van der Waals surface area contributed by atoms with E-state index in [2.05, 4.69) is 15.2 Å². The van der Waals surface area contributed by atoms with E-state index in [1.165, 1.54) is 0 Å². The minimum absolute atomic E-state index is 0.116. The van der Waals surface area contributed by atoms with Crippen LogP contribution >= 0.6 is 0 Å². The van der Waals surface area contributed by atoms with Crippen LogP contribution in [-0.4, -0.2) is 57.8 Å². The van der Waals surface area contributed by atoms with E-state index in [0.717, 1.165) is 36.1 Å². The standard InChI is InChI=1S/C19H27N3O3/c1-3-22(13-14-23)12-6-10-19(2,18(24)25)21-17-9-11-20-16-8-5-4-7-15(16)17/h4-5,7-9,11,23H,3,6,10,12-14H2,1-2H3,(H,20,21)(H,24,25). The largest absolute Gasteiger partial charge is 0.480 e. The normalized spacial score (nSPS) is 13.8. The fourth-order valence-electron chi connectivity index (χ4n) is 2.95. The highest BCUT2D eigenvalue weighted by molar-refractivity contribution is 5.93. The molecule has 2 aromatic rings. The van der Waals surface area contributed by atoms with Crippen LogP contribution in [-0.2, 0) is 4.79 Å². The van der Waals surface area contributed by atoms with Gasteiger partial charge in [0.1, 0.15) is 5.54 Å². The summed E-state index contributed by atoms with van der Waals surface area (Å²) in [6.45, 7) is 6.08. The number of hydrogen-bond donors (Lipinski definition) is 3. The second-order valence-electron chi connectivity index (χ2n) is 6.40. The van der Waals surface area contributed by atoms with Crippen LogP contribution < -0.4 is 5.32 Å². The number of nitrogens with zero attached hydrogens (tertiary/aromatic N) is 2. The Morgan fingerprint density at radius 1 is 1.28 bits per heavy atom. The third kappa shape index (κ3) is 4.90. The Hall–Kier alpha value is -2.18. The molecule has 0 radical (unpaired) electrons. The van der Waals surface area contributed by atoms with Crippen molar-refractivity contribution in [1.82, 2.24) is 9.88 Å². The first-order chi connectivity index (χ1) is 12.0. The maximum atomic E-state index is 11.9. The highest BCUT2D eigenvalue weighted by Crippen LogP contribution is 2.26. The fraction of sp³-hybridized carbons (Fsp3) is 0.474. The second-order valence-corrected chi connectivity index (χ2v) is 6.40. The van der Waals surface area contributed by atoms with Crippen LogP contribution in [0.5, 0.6) is 0 Å². The van der Waals surface area contributed by atoms with Crippen molar-refractivity contribution in [2.75, 3.05) is 31.6 Å². The maximum absolute atomic E-state index is 11.9. The zero-order chi connectivity index (χ0) is 18.3. The van der Waals surface area contributed by atoms with Crippen molar-refractivity contribution in [1.29, 1.82) is 0 Å². The average Bonchev–Trinajstić information content (AvgIpc) is 2.61. The predicted octanol–water partition coefficient (Wildman–Crippen LogP) is 2.58. The van der Waals surface area contributed by atoms with E-state index in [1.807, 2.05) is 37.3 Å². The van der Waals surface area contributed by atoms with Crippen LogP contribution in [0.2, 0.25) is 0 Å². The van der Waals surface area contributed by atoms with E-state index >= 15 is 0 Å².